The Morgan fingerprint density at radius 3 is 2.53 bits per heavy atom. The Morgan fingerprint density at radius 1 is 1.41 bits per heavy atom. The fourth-order valence-corrected chi connectivity index (χ4v) is 1.21. The molecule has 0 spiro atoms. The highest BCUT2D eigenvalue weighted by Gasteiger charge is 2.29. The van der Waals surface area contributed by atoms with Gasteiger partial charge in [0.15, 0.2) is 6.61 Å². The number of aromatic nitrogens is 1. The van der Waals surface area contributed by atoms with Gasteiger partial charge in [0.2, 0.25) is 5.88 Å². The second-order valence-corrected chi connectivity index (χ2v) is 3.28. The van der Waals surface area contributed by atoms with Crippen LogP contribution < -0.4 is 14.8 Å². The lowest BCUT2D eigenvalue weighted by molar-refractivity contribution is -0.153. The average Bonchev–Trinajstić information content (AvgIpc) is 2.25. The van der Waals surface area contributed by atoms with Gasteiger partial charge in [0, 0.05) is 13.1 Å². The van der Waals surface area contributed by atoms with Crippen LogP contribution in [0.4, 0.5) is 18.9 Å². The number of alkyl halides is 3. The number of rotatable bonds is 4. The minimum absolute atomic E-state index is 0.0764. The minimum Gasteiger partial charge on any atom is -0.482 e. The molecule has 0 aliphatic carbocycles. The molecule has 0 saturated heterocycles. The van der Waals surface area contributed by atoms with Gasteiger partial charge >= 0.3 is 6.18 Å². The summed E-state index contributed by atoms with van der Waals surface area (Å²) in [6.07, 6.45) is -4.37. The van der Waals surface area contributed by atoms with Gasteiger partial charge < -0.3 is 14.8 Å². The number of ether oxygens (including phenoxy) is 2. The Labute approximate surface area is 96.7 Å². The Hall–Kier alpha value is -1.66. The number of halogens is 3. The van der Waals surface area contributed by atoms with Gasteiger partial charge in [-0.15, -0.1) is 0 Å². The molecule has 1 aromatic rings. The van der Waals surface area contributed by atoms with Gasteiger partial charge in [0.25, 0.3) is 0 Å². The van der Waals surface area contributed by atoms with E-state index in [4.69, 9.17) is 4.74 Å². The third-order valence-electron chi connectivity index (χ3n) is 1.99. The third kappa shape index (κ3) is 3.69. The van der Waals surface area contributed by atoms with Crippen LogP contribution in [0.25, 0.3) is 0 Å². The molecule has 0 aromatic carbocycles. The van der Waals surface area contributed by atoms with Crippen molar-refractivity contribution < 1.29 is 22.6 Å². The molecule has 17 heavy (non-hydrogen) atoms. The summed E-state index contributed by atoms with van der Waals surface area (Å²) in [4.78, 5) is 3.99. The van der Waals surface area contributed by atoms with E-state index in [0.29, 0.717) is 17.3 Å². The van der Waals surface area contributed by atoms with Gasteiger partial charge in [-0.3, -0.25) is 0 Å². The Kier molecular flexibility index (Phi) is 4.03. The molecule has 0 amide bonds. The molecule has 0 saturated carbocycles. The first kappa shape index (κ1) is 13.4. The van der Waals surface area contributed by atoms with Crippen LogP contribution in [-0.2, 0) is 0 Å². The number of anilines is 1. The van der Waals surface area contributed by atoms with Crippen LogP contribution in [0, 0.1) is 6.92 Å². The number of nitrogens with one attached hydrogen (secondary N) is 1. The van der Waals surface area contributed by atoms with Crippen LogP contribution in [0.1, 0.15) is 5.69 Å². The largest absolute Gasteiger partial charge is 0.482 e. The summed E-state index contributed by atoms with van der Waals surface area (Å²) in [5, 5.41) is 2.76. The fraction of sp³-hybridized carbons (Fsp3) is 0.500. The van der Waals surface area contributed by atoms with Gasteiger partial charge in [-0.1, -0.05) is 0 Å². The van der Waals surface area contributed by atoms with Crippen LogP contribution in [-0.4, -0.2) is 31.9 Å². The maximum absolute atomic E-state index is 12.0. The predicted octanol–water partition coefficient (Wildman–Crippen LogP) is 2.38. The Morgan fingerprint density at radius 2 is 2.06 bits per heavy atom. The molecule has 0 unspecified atom stereocenters. The van der Waals surface area contributed by atoms with Crippen molar-refractivity contribution in [3.63, 3.8) is 0 Å². The Balaban J connectivity index is 2.93. The zero-order valence-corrected chi connectivity index (χ0v) is 9.68. The minimum atomic E-state index is -4.37. The lowest BCUT2D eigenvalue weighted by Crippen LogP contribution is -2.19. The maximum atomic E-state index is 12.0. The smallest absolute Gasteiger partial charge is 0.422 e. The second kappa shape index (κ2) is 5.11. The van der Waals surface area contributed by atoms with Crippen LogP contribution in [0.5, 0.6) is 11.6 Å². The molecule has 7 heteroatoms. The average molecular weight is 250 g/mol. The van der Waals surface area contributed by atoms with E-state index in [1.807, 2.05) is 0 Å². The molecule has 0 fully saturated rings. The molecule has 0 aliphatic heterocycles. The summed E-state index contributed by atoms with van der Waals surface area (Å²) in [6.45, 7) is 0.207. The zero-order chi connectivity index (χ0) is 13.1. The topological polar surface area (TPSA) is 43.4 Å². The number of nitrogens with zero attached hydrogens (tertiary/aromatic N) is 1. The van der Waals surface area contributed by atoms with Crippen molar-refractivity contribution in [3.05, 3.63) is 11.8 Å². The molecule has 0 radical (unpaired) electrons. The summed E-state index contributed by atoms with van der Waals surface area (Å²) in [7, 11) is 3.04. The maximum Gasteiger partial charge on any atom is 0.422 e. The van der Waals surface area contributed by atoms with Gasteiger partial charge in [-0.25, -0.2) is 4.98 Å². The van der Waals surface area contributed by atoms with Gasteiger partial charge in [-0.2, -0.15) is 13.2 Å². The van der Waals surface area contributed by atoms with Crippen LogP contribution in [0.15, 0.2) is 6.07 Å². The quantitative estimate of drug-likeness (QED) is 0.891. The predicted molar refractivity (Wildman–Crippen MR) is 56.6 cm³/mol. The van der Waals surface area contributed by atoms with Crippen molar-refractivity contribution in [1.82, 2.24) is 4.98 Å². The van der Waals surface area contributed by atoms with Crippen LogP contribution >= 0.6 is 0 Å². The van der Waals surface area contributed by atoms with Gasteiger partial charge in [0.1, 0.15) is 11.4 Å². The molecule has 1 N–H and O–H groups in total. The second-order valence-electron chi connectivity index (χ2n) is 3.28. The highest BCUT2D eigenvalue weighted by atomic mass is 19.4. The summed E-state index contributed by atoms with van der Waals surface area (Å²) >= 11 is 0. The van der Waals surface area contributed by atoms with Crippen molar-refractivity contribution in [2.45, 2.75) is 13.1 Å². The number of hydrogen-bond acceptors (Lipinski definition) is 4. The molecule has 1 aromatic heterocycles. The van der Waals surface area contributed by atoms with Crippen molar-refractivity contribution in [3.8, 4) is 11.6 Å². The fourth-order valence-electron chi connectivity index (χ4n) is 1.21. The Bertz CT molecular complexity index is 394. The molecular formula is C10H13F3N2O2. The highest BCUT2D eigenvalue weighted by molar-refractivity contribution is 5.56. The number of hydrogen-bond donors (Lipinski definition) is 1. The first-order chi connectivity index (χ1) is 7.87. The van der Waals surface area contributed by atoms with Gasteiger partial charge in [-0.05, 0) is 6.92 Å². The van der Waals surface area contributed by atoms with E-state index in [0.717, 1.165) is 0 Å². The van der Waals surface area contributed by atoms with Crippen LogP contribution in [0.2, 0.25) is 0 Å². The first-order valence-electron chi connectivity index (χ1n) is 4.80. The van der Waals surface area contributed by atoms with Crippen molar-refractivity contribution in [2.24, 2.45) is 0 Å². The summed E-state index contributed by atoms with van der Waals surface area (Å²) < 4.78 is 45.7. The number of methoxy groups -OCH3 is 1. The van der Waals surface area contributed by atoms with Gasteiger partial charge in [0.05, 0.1) is 12.8 Å². The van der Waals surface area contributed by atoms with Crippen LogP contribution in [0.3, 0.4) is 0 Å². The summed E-state index contributed by atoms with van der Waals surface area (Å²) in [6, 6.07) is 1.42. The van der Waals surface area contributed by atoms with E-state index in [1.165, 1.54) is 13.2 Å². The third-order valence-corrected chi connectivity index (χ3v) is 1.99. The van der Waals surface area contributed by atoms with E-state index < -0.39 is 12.8 Å². The molecule has 1 heterocycles. The van der Waals surface area contributed by atoms with Crippen molar-refractivity contribution in [1.29, 1.82) is 0 Å². The lowest BCUT2D eigenvalue weighted by atomic mass is 10.3. The van der Waals surface area contributed by atoms with Crippen molar-refractivity contribution >= 4 is 5.69 Å². The first-order valence-corrected chi connectivity index (χ1v) is 4.80. The van der Waals surface area contributed by atoms with Crippen molar-refractivity contribution in [2.75, 3.05) is 26.1 Å². The van der Waals surface area contributed by atoms with E-state index in [-0.39, 0.29) is 5.75 Å². The molecule has 96 valence electrons. The molecule has 0 bridgehead atoms. The van der Waals surface area contributed by atoms with E-state index in [1.54, 1.807) is 14.0 Å². The number of aryl methyl sites for hydroxylation is 1. The lowest BCUT2D eigenvalue weighted by Gasteiger charge is -2.14. The SMILES string of the molecule is CNc1cc(OCC(F)(F)F)c(C)nc1OC. The molecular weight excluding hydrogens is 237 g/mol. The monoisotopic (exact) mass is 250 g/mol. The van der Waals surface area contributed by atoms with E-state index in [2.05, 4.69) is 15.0 Å². The molecule has 0 aliphatic rings. The highest BCUT2D eigenvalue weighted by Crippen LogP contribution is 2.29. The zero-order valence-electron chi connectivity index (χ0n) is 9.68. The standard InChI is InChI=1S/C10H13F3N2O2/c1-6-8(17-5-10(11,12)13)4-7(14-2)9(15-6)16-3/h4,14H,5H2,1-3H3. The van der Waals surface area contributed by atoms with E-state index in [9.17, 15) is 13.2 Å². The normalized spacial score (nSPS) is 11.2. The molecule has 0 atom stereocenters. The molecule has 1 rings (SSSR count). The van der Waals surface area contributed by atoms with E-state index >= 15 is 0 Å². The summed E-state index contributed by atoms with van der Waals surface area (Å²) in [5.74, 6) is 0.386. The summed E-state index contributed by atoms with van der Waals surface area (Å²) in [5.41, 5.74) is 0.806. The number of pyridine rings is 1. The molecule has 4 nitrogen and oxygen atoms in total.